The van der Waals surface area contributed by atoms with Crippen LogP contribution in [0.3, 0.4) is 0 Å². The molecule has 0 saturated carbocycles. The summed E-state index contributed by atoms with van der Waals surface area (Å²) in [5.41, 5.74) is 0.623. The van der Waals surface area contributed by atoms with Gasteiger partial charge in [0.25, 0.3) is 0 Å². The van der Waals surface area contributed by atoms with E-state index in [1.54, 1.807) is 11.3 Å². The first kappa shape index (κ1) is 12.2. The Morgan fingerprint density at radius 2 is 1.93 bits per heavy atom. The van der Waals surface area contributed by atoms with Crippen LogP contribution in [-0.2, 0) is 0 Å². The molecule has 0 aromatic carbocycles. The number of nitrogens with zero attached hydrogens (tertiary/aromatic N) is 1. The predicted octanol–water partition coefficient (Wildman–Crippen LogP) is 3.11. The summed E-state index contributed by atoms with van der Waals surface area (Å²) in [5.74, 6) is 0.137. The molecule has 0 spiro atoms. The molecule has 15 heavy (non-hydrogen) atoms. The number of carbonyl (C=O) groups is 1. The molecule has 0 atom stereocenters. The third-order valence-corrected chi connectivity index (χ3v) is 2.87. The van der Waals surface area contributed by atoms with Gasteiger partial charge in [-0.2, -0.15) is 0 Å². The summed E-state index contributed by atoms with van der Waals surface area (Å²) >= 11 is 1.55. The van der Waals surface area contributed by atoms with Crippen LogP contribution in [0.5, 0.6) is 0 Å². The highest BCUT2D eigenvalue weighted by Gasteiger charge is 2.18. The van der Waals surface area contributed by atoms with Gasteiger partial charge < -0.3 is 5.32 Å². The molecule has 1 rings (SSSR count). The number of nitrogens with one attached hydrogen (secondary N) is 1. The van der Waals surface area contributed by atoms with Gasteiger partial charge in [-0.05, 0) is 20.8 Å². The third kappa shape index (κ3) is 3.02. The highest BCUT2D eigenvalue weighted by molar-refractivity contribution is 7.15. The van der Waals surface area contributed by atoms with E-state index < -0.39 is 0 Å². The molecule has 1 N–H and O–H groups in total. The molecule has 0 aliphatic rings. The summed E-state index contributed by atoms with van der Waals surface area (Å²) in [7, 11) is 0. The SMILES string of the molecule is Cc1sc(NC(C)C)nc1C(=O)C(C)C. The molecule has 0 amide bonds. The zero-order valence-electron chi connectivity index (χ0n) is 9.92. The van der Waals surface area contributed by atoms with Crippen LogP contribution < -0.4 is 5.32 Å². The fourth-order valence-electron chi connectivity index (χ4n) is 1.21. The van der Waals surface area contributed by atoms with E-state index in [1.165, 1.54) is 0 Å². The van der Waals surface area contributed by atoms with E-state index in [-0.39, 0.29) is 11.7 Å². The van der Waals surface area contributed by atoms with Crippen LogP contribution in [0.15, 0.2) is 0 Å². The zero-order valence-corrected chi connectivity index (χ0v) is 10.7. The molecule has 4 heteroatoms. The lowest BCUT2D eigenvalue weighted by molar-refractivity contribution is 0.0934. The van der Waals surface area contributed by atoms with E-state index in [4.69, 9.17) is 0 Å². The first-order valence-electron chi connectivity index (χ1n) is 5.20. The van der Waals surface area contributed by atoms with Gasteiger partial charge in [-0.1, -0.05) is 13.8 Å². The second-order valence-corrected chi connectivity index (χ2v) is 5.44. The number of rotatable bonds is 4. The topological polar surface area (TPSA) is 42.0 Å². The number of hydrogen-bond donors (Lipinski definition) is 1. The number of anilines is 1. The van der Waals surface area contributed by atoms with Crippen LogP contribution in [0.25, 0.3) is 0 Å². The normalized spacial score (nSPS) is 11.1. The number of thiazole rings is 1. The standard InChI is InChI=1S/C11H18N2OS/c1-6(2)10(14)9-8(5)15-11(13-9)12-7(3)4/h6-7H,1-5H3,(H,12,13). The van der Waals surface area contributed by atoms with E-state index in [2.05, 4.69) is 24.1 Å². The lowest BCUT2D eigenvalue weighted by Gasteiger charge is -2.04. The van der Waals surface area contributed by atoms with Crippen molar-refractivity contribution in [2.75, 3.05) is 5.32 Å². The fourth-order valence-corrected chi connectivity index (χ4v) is 2.17. The van der Waals surface area contributed by atoms with Gasteiger partial charge in [0.1, 0.15) is 5.69 Å². The number of hydrogen-bond acceptors (Lipinski definition) is 4. The van der Waals surface area contributed by atoms with Gasteiger partial charge in [0.05, 0.1) is 0 Å². The highest BCUT2D eigenvalue weighted by atomic mass is 32.1. The van der Waals surface area contributed by atoms with Crippen molar-refractivity contribution in [2.45, 2.75) is 40.7 Å². The first-order valence-corrected chi connectivity index (χ1v) is 6.01. The molecule has 1 aromatic rings. The Hall–Kier alpha value is -0.900. The van der Waals surface area contributed by atoms with Crippen LogP contribution in [0, 0.1) is 12.8 Å². The Balaban J connectivity index is 2.91. The minimum absolute atomic E-state index is 0.0118. The smallest absolute Gasteiger partial charge is 0.184 e. The number of ketones is 1. The van der Waals surface area contributed by atoms with Crippen molar-refractivity contribution in [1.82, 2.24) is 4.98 Å². The summed E-state index contributed by atoms with van der Waals surface area (Å²) in [4.78, 5) is 17.1. The number of Topliss-reactive ketones (excluding diaryl/α,β-unsaturated/α-hetero) is 1. The van der Waals surface area contributed by atoms with Crippen molar-refractivity contribution in [1.29, 1.82) is 0 Å². The van der Waals surface area contributed by atoms with Gasteiger partial charge in [0.2, 0.25) is 0 Å². The van der Waals surface area contributed by atoms with E-state index >= 15 is 0 Å². The molecular weight excluding hydrogens is 208 g/mol. The largest absolute Gasteiger partial charge is 0.359 e. The van der Waals surface area contributed by atoms with Crippen molar-refractivity contribution in [3.05, 3.63) is 10.6 Å². The average molecular weight is 226 g/mol. The molecule has 1 heterocycles. The Morgan fingerprint density at radius 1 is 1.33 bits per heavy atom. The van der Waals surface area contributed by atoms with Crippen molar-refractivity contribution in [3.63, 3.8) is 0 Å². The molecule has 0 aliphatic heterocycles. The van der Waals surface area contributed by atoms with Crippen molar-refractivity contribution >= 4 is 22.3 Å². The van der Waals surface area contributed by atoms with Crippen LogP contribution >= 0.6 is 11.3 Å². The lowest BCUT2D eigenvalue weighted by Crippen LogP contribution is -2.11. The van der Waals surface area contributed by atoms with Crippen molar-refractivity contribution < 1.29 is 4.79 Å². The average Bonchev–Trinajstić information content (AvgIpc) is 2.44. The summed E-state index contributed by atoms with van der Waals surface area (Å²) in [6, 6.07) is 0.345. The van der Waals surface area contributed by atoms with Gasteiger partial charge in [0, 0.05) is 16.8 Å². The minimum Gasteiger partial charge on any atom is -0.359 e. The highest BCUT2D eigenvalue weighted by Crippen LogP contribution is 2.24. The summed E-state index contributed by atoms with van der Waals surface area (Å²) in [5, 5.41) is 4.05. The minimum atomic E-state index is 0.0118. The third-order valence-electron chi connectivity index (χ3n) is 1.97. The molecule has 0 saturated heterocycles. The predicted molar refractivity (Wildman–Crippen MR) is 64.8 cm³/mol. The molecule has 0 fully saturated rings. The maximum atomic E-state index is 11.8. The van der Waals surface area contributed by atoms with Crippen LogP contribution in [0.2, 0.25) is 0 Å². The Kier molecular flexibility index (Phi) is 3.85. The molecule has 0 unspecified atom stereocenters. The molecule has 0 radical (unpaired) electrons. The summed E-state index contributed by atoms with van der Waals surface area (Å²) in [6.07, 6.45) is 0. The molecule has 0 aliphatic carbocycles. The Morgan fingerprint density at radius 3 is 2.40 bits per heavy atom. The fraction of sp³-hybridized carbons (Fsp3) is 0.636. The maximum Gasteiger partial charge on any atom is 0.184 e. The first-order chi connectivity index (χ1) is 6.91. The molecule has 0 bridgehead atoms. The summed E-state index contributed by atoms with van der Waals surface area (Å²) < 4.78 is 0. The molecule has 84 valence electrons. The van der Waals surface area contributed by atoms with Gasteiger partial charge in [-0.3, -0.25) is 4.79 Å². The van der Waals surface area contributed by atoms with Gasteiger partial charge >= 0.3 is 0 Å². The zero-order chi connectivity index (χ0) is 11.6. The van der Waals surface area contributed by atoms with Crippen LogP contribution in [-0.4, -0.2) is 16.8 Å². The van der Waals surface area contributed by atoms with E-state index in [0.717, 1.165) is 10.0 Å². The van der Waals surface area contributed by atoms with Crippen LogP contribution in [0.1, 0.15) is 43.1 Å². The van der Waals surface area contributed by atoms with Gasteiger partial charge in [-0.25, -0.2) is 4.98 Å². The quantitative estimate of drug-likeness (QED) is 0.802. The number of aryl methyl sites for hydroxylation is 1. The number of carbonyl (C=O) groups excluding carboxylic acids is 1. The van der Waals surface area contributed by atoms with Crippen molar-refractivity contribution in [3.8, 4) is 0 Å². The van der Waals surface area contributed by atoms with E-state index in [9.17, 15) is 4.79 Å². The van der Waals surface area contributed by atoms with Crippen molar-refractivity contribution in [2.24, 2.45) is 5.92 Å². The van der Waals surface area contributed by atoms with E-state index in [0.29, 0.717) is 11.7 Å². The Labute approximate surface area is 94.9 Å². The molecule has 1 aromatic heterocycles. The maximum absolute atomic E-state index is 11.8. The molecule has 3 nitrogen and oxygen atoms in total. The Bertz CT molecular complexity index is 355. The monoisotopic (exact) mass is 226 g/mol. The van der Waals surface area contributed by atoms with Crippen LogP contribution in [0.4, 0.5) is 5.13 Å². The van der Waals surface area contributed by atoms with Gasteiger partial charge in [0.15, 0.2) is 10.9 Å². The van der Waals surface area contributed by atoms with E-state index in [1.807, 2.05) is 20.8 Å². The summed E-state index contributed by atoms with van der Waals surface area (Å²) in [6.45, 7) is 9.85. The second-order valence-electron chi connectivity index (χ2n) is 4.24. The molecular formula is C11H18N2OS. The number of aromatic nitrogens is 1. The van der Waals surface area contributed by atoms with Gasteiger partial charge in [-0.15, -0.1) is 11.3 Å². The second kappa shape index (κ2) is 4.75. The lowest BCUT2D eigenvalue weighted by atomic mass is 10.1.